The molecule has 32 heavy (non-hydrogen) atoms. The Morgan fingerprint density at radius 3 is 2.78 bits per heavy atom. The number of imidazole rings is 1. The summed E-state index contributed by atoms with van der Waals surface area (Å²) in [6.07, 6.45) is 13.4. The van der Waals surface area contributed by atoms with Gasteiger partial charge in [0.1, 0.15) is 0 Å². The lowest BCUT2D eigenvalue weighted by atomic mass is 9.68. The Morgan fingerprint density at radius 1 is 1.16 bits per heavy atom. The molecule has 3 aromatic rings. The minimum absolute atomic E-state index is 0.209. The van der Waals surface area contributed by atoms with Gasteiger partial charge in [0, 0.05) is 42.6 Å². The third-order valence-electron chi connectivity index (χ3n) is 6.97. The lowest BCUT2D eigenvalue weighted by Gasteiger charge is -2.40. The van der Waals surface area contributed by atoms with Gasteiger partial charge in [0.25, 0.3) is 0 Å². The predicted molar refractivity (Wildman–Crippen MR) is 124 cm³/mol. The molecule has 1 aliphatic carbocycles. The first-order chi connectivity index (χ1) is 15.6. The van der Waals surface area contributed by atoms with Crippen molar-refractivity contribution in [1.29, 1.82) is 0 Å². The molecule has 0 unspecified atom stereocenters. The molecule has 6 nitrogen and oxygen atoms in total. The first-order valence-electron chi connectivity index (χ1n) is 11.5. The van der Waals surface area contributed by atoms with Crippen LogP contribution >= 0.6 is 11.6 Å². The molecule has 7 heteroatoms. The molecular formula is C25H29ClN4O2. The van der Waals surface area contributed by atoms with Crippen molar-refractivity contribution in [2.45, 2.75) is 43.9 Å². The Kier molecular flexibility index (Phi) is 6.15. The topological polar surface area (TPSA) is 59.7 Å². The van der Waals surface area contributed by atoms with Gasteiger partial charge in [-0.05, 0) is 37.0 Å². The number of amides is 1. The molecule has 1 atom stereocenters. The van der Waals surface area contributed by atoms with E-state index >= 15 is 0 Å². The summed E-state index contributed by atoms with van der Waals surface area (Å²) in [5.74, 6) is 0.453. The number of benzene rings is 1. The zero-order valence-electron chi connectivity index (χ0n) is 18.3. The van der Waals surface area contributed by atoms with Crippen LogP contribution in [0, 0.1) is 5.92 Å². The number of ether oxygens (including phenoxy) is 1. The van der Waals surface area contributed by atoms with Crippen LogP contribution in [-0.4, -0.2) is 51.5 Å². The van der Waals surface area contributed by atoms with Gasteiger partial charge >= 0.3 is 0 Å². The number of aromatic nitrogens is 3. The van der Waals surface area contributed by atoms with E-state index in [0.29, 0.717) is 31.3 Å². The number of nitrogens with zero attached hydrogens (tertiary/aromatic N) is 4. The van der Waals surface area contributed by atoms with Gasteiger partial charge in [-0.1, -0.05) is 43.0 Å². The second kappa shape index (κ2) is 9.20. The van der Waals surface area contributed by atoms with Gasteiger partial charge in [0.2, 0.25) is 5.91 Å². The summed E-state index contributed by atoms with van der Waals surface area (Å²) in [4.78, 5) is 25.0. The van der Waals surface area contributed by atoms with Gasteiger partial charge in [-0.2, -0.15) is 0 Å². The van der Waals surface area contributed by atoms with Crippen LogP contribution in [0.5, 0.6) is 0 Å². The molecule has 0 spiro atoms. The number of carbonyl (C=O) groups is 1. The van der Waals surface area contributed by atoms with Crippen molar-refractivity contribution in [3.63, 3.8) is 0 Å². The number of rotatable bonds is 4. The molecular weight excluding hydrogens is 424 g/mol. The zero-order chi connectivity index (χ0) is 22.0. The van der Waals surface area contributed by atoms with Crippen LogP contribution in [0.4, 0.5) is 0 Å². The van der Waals surface area contributed by atoms with Gasteiger partial charge in [-0.15, -0.1) is 0 Å². The first-order valence-corrected chi connectivity index (χ1v) is 11.9. The van der Waals surface area contributed by atoms with Crippen molar-refractivity contribution < 1.29 is 9.53 Å². The van der Waals surface area contributed by atoms with Crippen molar-refractivity contribution >= 4 is 23.2 Å². The van der Waals surface area contributed by atoms with Crippen LogP contribution in [0.1, 0.15) is 43.4 Å². The molecule has 5 rings (SSSR count). The quantitative estimate of drug-likeness (QED) is 0.592. The van der Waals surface area contributed by atoms with Crippen molar-refractivity contribution in [3.05, 3.63) is 65.3 Å². The van der Waals surface area contributed by atoms with Gasteiger partial charge in [0.05, 0.1) is 30.5 Å². The highest BCUT2D eigenvalue weighted by molar-refractivity contribution is 6.30. The van der Waals surface area contributed by atoms with E-state index in [2.05, 4.69) is 9.97 Å². The summed E-state index contributed by atoms with van der Waals surface area (Å²) in [5, 5.41) is 0.706. The maximum atomic E-state index is 14.1. The Hall–Kier alpha value is -2.44. The maximum absolute atomic E-state index is 14.1. The summed E-state index contributed by atoms with van der Waals surface area (Å²) in [5.41, 5.74) is 2.47. The molecule has 0 N–H and O–H groups in total. The molecule has 1 amide bonds. The first kappa shape index (κ1) is 21.4. The lowest BCUT2D eigenvalue weighted by molar-refractivity contribution is -0.139. The minimum Gasteiger partial charge on any atom is -0.379 e. The predicted octanol–water partition coefficient (Wildman–Crippen LogP) is 4.30. The molecule has 1 saturated carbocycles. The fourth-order valence-electron chi connectivity index (χ4n) is 5.31. The normalized spacial score (nSPS) is 21.4. The fraction of sp³-hybridized carbons (Fsp3) is 0.480. The second-order valence-electron chi connectivity index (χ2n) is 9.12. The number of hydrogen-bond acceptors (Lipinski definition) is 4. The van der Waals surface area contributed by atoms with E-state index < -0.39 is 5.41 Å². The van der Waals surface area contributed by atoms with Crippen LogP contribution in [0.15, 0.2) is 49.1 Å². The molecule has 1 aromatic carbocycles. The molecule has 2 aliphatic rings. The van der Waals surface area contributed by atoms with Crippen LogP contribution < -0.4 is 0 Å². The van der Waals surface area contributed by atoms with Crippen LogP contribution in [0.2, 0.25) is 5.02 Å². The van der Waals surface area contributed by atoms with E-state index in [1.165, 1.54) is 6.42 Å². The van der Waals surface area contributed by atoms with Crippen LogP contribution in [0.25, 0.3) is 5.65 Å². The monoisotopic (exact) mass is 452 g/mol. The number of carbonyl (C=O) groups excluding carboxylic acids is 1. The smallest absolute Gasteiger partial charge is 0.233 e. The van der Waals surface area contributed by atoms with E-state index in [1.54, 1.807) is 12.4 Å². The van der Waals surface area contributed by atoms with Gasteiger partial charge < -0.3 is 14.0 Å². The largest absolute Gasteiger partial charge is 0.379 e. The second-order valence-corrected chi connectivity index (χ2v) is 9.55. The van der Waals surface area contributed by atoms with E-state index in [0.717, 1.165) is 49.0 Å². The third kappa shape index (κ3) is 4.26. The highest BCUT2D eigenvalue weighted by atomic mass is 35.5. The van der Waals surface area contributed by atoms with Crippen LogP contribution in [0.3, 0.4) is 0 Å². The van der Waals surface area contributed by atoms with E-state index in [-0.39, 0.29) is 11.8 Å². The SMILES string of the molecule is O=C(N1CCOC[C@@H](Cc2cn3ccnc3cn2)C1)C1(c2ccc(Cl)cc2)CCCCC1. The zero-order valence-corrected chi connectivity index (χ0v) is 19.0. The molecule has 0 bridgehead atoms. The molecule has 0 radical (unpaired) electrons. The van der Waals surface area contributed by atoms with E-state index in [4.69, 9.17) is 16.3 Å². The van der Waals surface area contributed by atoms with E-state index in [1.807, 2.05) is 46.0 Å². The Morgan fingerprint density at radius 2 is 1.97 bits per heavy atom. The maximum Gasteiger partial charge on any atom is 0.233 e. The Bertz CT molecular complexity index is 1070. The third-order valence-corrected chi connectivity index (χ3v) is 7.22. The van der Waals surface area contributed by atoms with Crippen molar-refractivity contribution in [3.8, 4) is 0 Å². The standard InChI is InChI=1S/C25H29ClN4O2/c26-21-6-4-20(5-7-21)25(8-2-1-3-9-25)24(31)30-12-13-32-18-19(16-30)14-22-17-29-11-10-27-23(29)15-28-22/h4-7,10-11,15,17,19H,1-3,8-9,12-14,16,18H2/t19-/m0/s1. The van der Waals surface area contributed by atoms with Crippen molar-refractivity contribution in [2.75, 3.05) is 26.3 Å². The molecule has 1 saturated heterocycles. The summed E-state index contributed by atoms with van der Waals surface area (Å²) >= 11 is 6.15. The number of fused-ring (bicyclic) bond motifs is 1. The fourth-order valence-corrected chi connectivity index (χ4v) is 5.44. The molecule has 3 heterocycles. The summed E-state index contributed by atoms with van der Waals surface area (Å²) in [6, 6.07) is 7.91. The number of hydrogen-bond donors (Lipinski definition) is 0. The summed E-state index contributed by atoms with van der Waals surface area (Å²) < 4.78 is 7.90. The lowest BCUT2D eigenvalue weighted by Crippen LogP contribution is -2.50. The van der Waals surface area contributed by atoms with Crippen molar-refractivity contribution in [2.24, 2.45) is 5.92 Å². The summed E-state index contributed by atoms with van der Waals surface area (Å²) in [6.45, 7) is 2.55. The highest BCUT2D eigenvalue weighted by Gasteiger charge is 2.44. The summed E-state index contributed by atoms with van der Waals surface area (Å²) in [7, 11) is 0. The van der Waals surface area contributed by atoms with Gasteiger partial charge in [-0.25, -0.2) is 4.98 Å². The van der Waals surface area contributed by atoms with Gasteiger partial charge in [0.15, 0.2) is 5.65 Å². The van der Waals surface area contributed by atoms with Crippen LogP contribution in [-0.2, 0) is 21.4 Å². The van der Waals surface area contributed by atoms with E-state index in [9.17, 15) is 4.79 Å². The molecule has 1 aliphatic heterocycles. The molecule has 168 valence electrons. The minimum atomic E-state index is -0.453. The Balaban J connectivity index is 1.37. The average Bonchev–Trinajstić information content (AvgIpc) is 3.17. The number of halogens is 1. The Labute approximate surface area is 193 Å². The van der Waals surface area contributed by atoms with Crippen molar-refractivity contribution in [1.82, 2.24) is 19.3 Å². The average molecular weight is 453 g/mol. The highest BCUT2D eigenvalue weighted by Crippen LogP contribution is 2.41. The van der Waals surface area contributed by atoms with Gasteiger partial charge in [-0.3, -0.25) is 9.78 Å². The molecule has 2 fully saturated rings. The molecule has 2 aromatic heterocycles.